The van der Waals surface area contributed by atoms with E-state index in [2.05, 4.69) is 16.3 Å². The number of rotatable bonds is 4. The van der Waals surface area contributed by atoms with Crippen LogP contribution in [-0.2, 0) is 25.6 Å². The number of nitrogens with one attached hydrogen (secondary N) is 1. The van der Waals surface area contributed by atoms with Crippen molar-refractivity contribution in [3.8, 4) is 0 Å². The fourth-order valence-electron chi connectivity index (χ4n) is 7.18. The number of nitrogens with zero attached hydrogens (tertiary/aromatic N) is 3. The second kappa shape index (κ2) is 10.6. The van der Waals surface area contributed by atoms with Gasteiger partial charge < -0.3 is 24.2 Å². The maximum Gasteiger partial charge on any atom is 0.410 e. The summed E-state index contributed by atoms with van der Waals surface area (Å²) in [5.41, 5.74) is 2.53. The highest BCUT2D eigenvalue weighted by atomic mass is 16.6. The van der Waals surface area contributed by atoms with Gasteiger partial charge in [-0.2, -0.15) is 0 Å². The van der Waals surface area contributed by atoms with E-state index in [0.29, 0.717) is 30.0 Å². The molecule has 1 N–H and O–H groups in total. The molecule has 10 nitrogen and oxygen atoms in total. The summed E-state index contributed by atoms with van der Waals surface area (Å²) in [5.74, 6) is -0.794. The van der Waals surface area contributed by atoms with Gasteiger partial charge in [0.05, 0.1) is 12.2 Å². The van der Waals surface area contributed by atoms with E-state index in [1.807, 2.05) is 37.8 Å². The van der Waals surface area contributed by atoms with Crippen LogP contribution in [0.3, 0.4) is 0 Å². The van der Waals surface area contributed by atoms with Crippen molar-refractivity contribution in [2.75, 3.05) is 31.1 Å². The predicted molar refractivity (Wildman–Crippen MR) is 151 cm³/mol. The Hall–Kier alpha value is -3.14. The van der Waals surface area contributed by atoms with Crippen molar-refractivity contribution in [2.45, 2.75) is 103 Å². The molecule has 4 aliphatic heterocycles. The van der Waals surface area contributed by atoms with Crippen molar-refractivity contribution < 1.29 is 28.7 Å². The van der Waals surface area contributed by atoms with Gasteiger partial charge in [-0.3, -0.25) is 19.7 Å². The molecule has 5 aliphatic rings. The van der Waals surface area contributed by atoms with Gasteiger partial charge in [-0.1, -0.05) is 0 Å². The molecule has 1 aliphatic carbocycles. The van der Waals surface area contributed by atoms with Gasteiger partial charge in [-0.15, -0.1) is 0 Å². The van der Waals surface area contributed by atoms with Crippen LogP contribution in [0.1, 0.15) is 88.1 Å². The summed E-state index contributed by atoms with van der Waals surface area (Å²) in [7, 11) is 0. The van der Waals surface area contributed by atoms with E-state index in [1.165, 1.54) is 0 Å². The SMILES string of the molecule is CC(C)(C)OC(=O)N1CCC2(CC1)CC(OC1CCN(c3ccc4c(c3)CN(C3CCC(=O)NC3=O)C4=O)CC1)C2. The summed E-state index contributed by atoms with van der Waals surface area (Å²) >= 11 is 0. The second-order valence-corrected chi connectivity index (χ2v) is 13.6. The van der Waals surface area contributed by atoms with E-state index in [-0.39, 0.29) is 36.3 Å². The molecule has 1 atom stereocenters. The monoisotopic (exact) mass is 566 g/mol. The number of piperidine rings is 3. The van der Waals surface area contributed by atoms with E-state index in [9.17, 15) is 19.2 Å². The quantitative estimate of drug-likeness (QED) is 0.555. The highest BCUT2D eigenvalue weighted by molar-refractivity contribution is 6.05. The number of imide groups is 1. The van der Waals surface area contributed by atoms with Crippen molar-refractivity contribution in [1.82, 2.24) is 15.1 Å². The molecule has 1 aromatic carbocycles. The zero-order chi connectivity index (χ0) is 28.9. The fourth-order valence-corrected chi connectivity index (χ4v) is 7.18. The third-order valence-corrected chi connectivity index (χ3v) is 9.50. The van der Waals surface area contributed by atoms with Crippen molar-refractivity contribution in [1.29, 1.82) is 0 Å². The molecule has 10 heteroatoms. The number of ether oxygens (including phenoxy) is 2. The Morgan fingerprint density at radius 2 is 1.68 bits per heavy atom. The Morgan fingerprint density at radius 1 is 0.976 bits per heavy atom. The Bertz CT molecular complexity index is 1220. The first-order chi connectivity index (χ1) is 19.5. The Kier molecular flexibility index (Phi) is 7.24. The van der Waals surface area contributed by atoms with Crippen LogP contribution in [0.25, 0.3) is 0 Å². The van der Waals surface area contributed by atoms with Crippen LogP contribution in [0.2, 0.25) is 0 Å². The summed E-state index contributed by atoms with van der Waals surface area (Å²) in [6.45, 7) is 9.43. The van der Waals surface area contributed by atoms with Gasteiger partial charge in [0.2, 0.25) is 11.8 Å². The van der Waals surface area contributed by atoms with E-state index in [1.54, 1.807) is 4.90 Å². The number of hydrogen-bond donors (Lipinski definition) is 1. The molecule has 0 aromatic heterocycles. The normalized spacial score (nSPS) is 25.3. The van der Waals surface area contributed by atoms with Crippen molar-refractivity contribution in [2.24, 2.45) is 5.41 Å². The molecular formula is C31H42N4O6. The zero-order valence-electron chi connectivity index (χ0n) is 24.4. The Labute approximate surface area is 241 Å². The third-order valence-electron chi connectivity index (χ3n) is 9.50. The lowest BCUT2D eigenvalue weighted by Gasteiger charge is -2.52. The highest BCUT2D eigenvalue weighted by Crippen LogP contribution is 2.51. The molecule has 0 radical (unpaired) electrons. The van der Waals surface area contributed by atoms with Gasteiger partial charge in [-0.05, 0) is 94.9 Å². The van der Waals surface area contributed by atoms with E-state index in [0.717, 1.165) is 76.0 Å². The van der Waals surface area contributed by atoms with Crippen molar-refractivity contribution in [3.05, 3.63) is 29.3 Å². The second-order valence-electron chi connectivity index (χ2n) is 13.6. The largest absolute Gasteiger partial charge is 0.444 e. The average molecular weight is 567 g/mol. The predicted octanol–water partition coefficient (Wildman–Crippen LogP) is 3.61. The van der Waals surface area contributed by atoms with Crippen LogP contribution in [0.15, 0.2) is 18.2 Å². The van der Waals surface area contributed by atoms with Crippen LogP contribution in [0, 0.1) is 5.41 Å². The molecule has 4 amide bonds. The molecule has 6 rings (SSSR count). The summed E-state index contributed by atoms with van der Waals surface area (Å²) in [6.07, 6.45) is 7.13. The van der Waals surface area contributed by atoms with Crippen LogP contribution in [0.5, 0.6) is 0 Å². The molecular weight excluding hydrogens is 524 g/mol. The molecule has 4 heterocycles. The topological polar surface area (TPSA) is 108 Å². The molecule has 4 fully saturated rings. The lowest BCUT2D eigenvalue weighted by molar-refractivity contribution is -0.137. The first kappa shape index (κ1) is 28.0. The molecule has 1 saturated carbocycles. The summed E-state index contributed by atoms with van der Waals surface area (Å²) < 4.78 is 12.1. The first-order valence-corrected chi connectivity index (χ1v) is 15.1. The zero-order valence-corrected chi connectivity index (χ0v) is 24.4. The minimum absolute atomic E-state index is 0.137. The first-order valence-electron chi connectivity index (χ1n) is 15.1. The van der Waals surface area contributed by atoms with Gasteiger partial charge in [0, 0.05) is 50.4 Å². The molecule has 1 unspecified atom stereocenters. The average Bonchev–Trinajstić information content (AvgIpc) is 3.23. The summed E-state index contributed by atoms with van der Waals surface area (Å²) in [5, 5.41) is 2.36. The number of hydrogen-bond acceptors (Lipinski definition) is 7. The Morgan fingerprint density at radius 3 is 2.34 bits per heavy atom. The van der Waals surface area contributed by atoms with Gasteiger partial charge in [-0.25, -0.2) is 4.79 Å². The third kappa shape index (κ3) is 5.80. The molecule has 0 bridgehead atoms. The lowest BCUT2D eigenvalue weighted by Crippen LogP contribution is -2.52. The highest BCUT2D eigenvalue weighted by Gasteiger charge is 2.48. The number of likely N-dealkylation sites (tertiary alicyclic amines) is 1. The van der Waals surface area contributed by atoms with Gasteiger partial charge in [0.25, 0.3) is 5.91 Å². The van der Waals surface area contributed by atoms with Crippen molar-refractivity contribution in [3.63, 3.8) is 0 Å². The maximum absolute atomic E-state index is 13.0. The minimum Gasteiger partial charge on any atom is -0.444 e. The number of benzene rings is 1. The van der Waals surface area contributed by atoms with E-state index in [4.69, 9.17) is 9.47 Å². The molecule has 41 heavy (non-hydrogen) atoms. The number of amides is 4. The number of carbonyl (C=O) groups is 4. The van der Waals surface area contributed by atoms with Crippen LogP contribution >= 0.6 is 0 Å². The van der Waals surface area contributed by atoms with Crippen LogP contribution in [0.4, 0.5) is 10.5 Å². The number of fused-ring (bicyclic) bond motifs is 1. The molecule has 1 aromatic rings. The summed E-state index contributed by atoms with van der Waals surface area (Å²) in [6, 6.07) is 5.38. The van der Waals surface area contributed by atoms with Gasteiger partial charge in [0.15, 0.2) is 0 Å². The van der Waals surface area contributed by atoms with Crippen molar-refractivity contribution >= 4 is 29.5 Å². The fraction of sp³-hybridized carbons (Fsp3) is 0.677. The number of anilines is 1. The van der Waals surface area contributed by atoms with Crippen LogP contribution < -0.4 is 10.2 Å². The van der Waals surface area contributed by atoms with Crippen LogP contribution in [-0.4, -0.2) is 83.6 Å². The number of carbonyl (C=O) groups excluding carboxylic acids is 4. The Balaban J connectivity index is 0.954. The van der Waals surface area contributed by atoms with Gasteiger partial charge in [0.1, 0.15) is 11.6 Å². The van der Waals surface area contributed by atoms with E-state index < -0.39 is 11.6 Å². The smallest absolute Gasteiger partial charge is 0.410 e. The van der Waals surface area contributed by atoms with Gasteiger partial charge >= 0.3 is 6.09 Å². The minimum atomic E-state index is -0.591. The van der Waals surface area contributed by atoms with E-state index >= 15 is 0 Å². The molecule has 1 spiro atoms. The molecule has 3 saturated heterocycles. The maximum atomic E-state index is 13.0. The lowest BCUT2D eigenvalue weighted by atomic mass is 9.61. The molecule has 222 valence electrons. The summed E-state index contributed by atoms with van der Waals surface area (Å²) in [4.78, 5) is 55.1. The standard InChI is InChI=1S/C31H42N4O6/c1-30(2,3)41-29(39)34-14-10-31(11-15-34)17-23(18-31)40-22-8-12-33(13-9-22)21-4-5-24-20(16-21)19-35(28(24)38)25-6-7-26(36)32-27(25)37/h4-5,16,22-23,25H,6-15,17-19H2,1-3H3,(H,32,36,37).